The van der Waals surface area contributed by atoms with E-state index in [0.29, 0.717) is 10.2 Å². The van der Waals surface area contributed by atoms with Gasteiger partial charge in [-0.05, 0) is 41.1 Å². The lowest BCUT2D eigenvalue weighted by Gasteiger charge is -2.06. The highest BCUT2D eigenvalue weighted by molar-refractivity contribution is 9.10. The smallest absolute Gasteiger partial charge is 0.166 e. The Hall–Kier alpha value is -1.49. The van der Waals surface area contributed by atoms with Gasteiger partial charge in [0.25, 0.3) is 0 Å². The summed E-state index contributed by atoms with van der Waals surface area (Å²) in [6.45, 7) is 1.89. The maximum Gasteiger partial charge on any atom is 0.166 e. The van der Waals surface area contributed by atoms with Gasteiger partial charge in [-0.2, -0.15) is 0 Å². The first-order valence-corrected chi connectivity index (χ1v) is 5.45. The molecular weight excluding hydrogens is 273 g/mol. The topological polar surface area (TPSA) is 37.8 Å². The predicted molar refractivity (Wildman–Crippen MR) is 64.2 cm³/mol. The molecule has 0 saturated carbocycles. The Balaban J connectivity index is 2.23. The molecule has 2 aromatic heterocycles. The van der Waals surface area contributed by atoms with Crippen LogP contribution in [-0.2, 0) is 0 Å². The molecule has 0 unspecified atom stereocenters. The lowest BCUT2D eigenvalue weighted by atomic mass is 10.3. The molecule has 0 bridgehead atoms. The largest absolute Gasteiger partial charge is 0.337 e. The molecule has 2 heterocycles. The number of aryl methyl sites for hydroxylation is 1. The highest BCUT2D eigenvalue weighted by atomic mass is 79.9. The van der Waals surface area contributed by atoms with Crippen molar-refractivity contribution in [2.24, 2.45) is 0 Å². The lowest BCUT2D eigenvalue weighted by Crippen LogP contribution is -1.97. The minimum absolute atomic E-state index is 0.189. The summed E-state index contributed by atoms with van der Waals surface area (Å²) in [7, 11) is 0. The van der Waals surface area contributed by atoms with Gasteiger partial charge in [0.05, 0.1) is 11.9 Å². The summed E-state index contributed by atoms with van der Waals surface area (Å²) in [5.74, 6) is -0.219. The van der Waals surface area contributed by atoms with Crippen LogP contribution in [0.3, 0.4) is 0 Å². The van der Waals surface area contributed by atoms with Crippen LogP contribution < -0.4 is 5.32 Å². The van der Waals surface area contributed by atoms with Crippen LogP contribution in [0.4, 0.5) is 15.9 Å². The summed E-state index contributed by atoms with van der Waals surface area (Å²) >= 11 is 3.15. The van der Waals surface area contributed by atoms with Gasteiger partial charge in [0.15, 0.2) is 11.6 Å². The summed E-state index contributed by atoms with van der Waals surface area (Å²) in [5, 5.41) is 2.86. The molecule has 3 nitrogen and oxygen atoms in total. The molecule has 0 fully saturated rings. The standard InChI is InChI=1S/C11H9BrFN3/c1-7-2-3-9(6-14-7)16-11-10(13)4-8(12)5-15-11/h2-6H,1H3,(H,15,16). The first-order chi connectivity index (χ1) is 7.65. The molecule has 0 spiro atoms. The van der Waals surface area contributed by atoms with E-state index in [1.165, 1.54) is 12.3 Å². The third-order valence-electron chi connectivity index (χ3n) is 1.98. The van der Waals surface area contributed by atoms with E-state index in [9.17, 15) is 4.39 Å². The van der Waals surface area contributed by atoms with Crippen molar-refractivity contribution in [3.05, 3.63) is 46.6 Å². The van der Waals surface area contributed by atoms with Crippen LogP contribution in [0.25, 0.3) is 0 Å². The Kier molecular flexibility index (Phi) is 3.14. The summed E-state index contributed by atoms with van der Waals surface area (Å²) < 4.78 is 14.0. The average Bonchev–Trinajstić information content (AvgIpc) is 2.25. The fourth-order valence-corrected chi connectivity index (χ4v) is 1.49. The van der Waals surface area contributed by atoms with E-state index in [1.807, 2.05) is 19.1 Å². The predicted octanol–water partition coefficient (Wildman–Crippen LogP) is 3.43. The summed E-state index contributed by atoms with van der Waals surface area (Å²) in [6.07, 6.45) is 3.17. The fraction of sp³-hybridized carbons (Fsp3) is 0.0909. The molecular formula is C11H9BrFN3. The summed E-state index contributed by atoms with van der Waals surface area (Å²) in [6, 6.07) is 5.03. The molecule has 0 saturated heterocycles. The van der Waals surface area contributed by atoms with Gasteiger partial charge in [-0.25, -0.2) is 9.37 Å². The van der Waals surface area contributed by atoms with Gasteiger partial charge < -0.3 is 5.32 Å². The molecule has 2 aromatic rings. The zero-order valence-corrected chi connectivity index (χ0v) is 10.1. The number of hydrogen-bond acceptors (Lipinski definition) is 3. The maximum absolute atomic E-state index is 13.4. The minimum Gasteiger partial charge on any atom is -0.337 e. The number of anilines is 2. The average molecular weight is 282 g/mol. The van der Waals surface area contributed by atoms with Crippen LogP contribution >= 0.6 is 15.9 Å². The van der Waals surface area contributed by atoms with E-state index < -0.39 is 5.82 Å². The number of rotatable bonds is 2. The van der Waals surface area contributed by atoms with Crippen molar-refractivity contribution in [1.29, 1.82) is 0 Å². The van der Waals surface area contributed by atoms with Crippen LogP contribution in [0.5, 0.6) is 0 Å². The second kappa shape index (κ2) is 4.57. The summed E-state index contributed by atoms with van der Waals surface area (Å²) in [5.41, 5.74) is 1.62. The van der Waals surface area contributed by atoms with Crippen molar-refractivity contribution in [3.63, 3.8) is 0 Å². The molecule has 82 valence electrons. The van der Waals surface area contributed by atoms with E-state index in [0.717, 1.165) is 5.69 Å². The molecule has 0 amide bonds. The molecule has 1 N–H and O–H groups in total. The van der Waals surface area contributed by atoms with Crippen molar-refractivity contribution in [2.75, 3.05) is 5.32 Å². The molecule has 0 radical (unpaired) electrons. The Morgan fingerprint density at radius 3 is 2.69 bits per heavy atom. The number of nitrogens with zero attached hydrogens (tertiary/aromatic N) is 2. The molecule has 0 aliphatic heterocycles. The monoisotopic (exact) mass is 281 g/mol. The quantitative estimate of drug-likeness (QED) is 0.917. The van der Waals surface area contributed by atoms with E-state index >= 15 is 0 Å². The first-order valence-electron chi connectivity index (χ1n) is 4.66. The highest BCUT2D eigenvalue weighted by Gasteiger charge is 2.04. The number of halogens is 2. The first kappa shape index (κ1) is 11.0. The van der Waals surface area contributed by atoms with Crippen molar-refractivity contribution < 1.29 is 4.39 Å². The van der Waals surface area contributed by atoms with Crippen LogP contribution in [0.15, 0.2) is 35.1 Å². The Labute approximate surface area is 101 Å². The van der Waals surface area contributed by atoms with Crippen molar-refractivity contribution in [2.45, 2.75) is 6.92 Å². The van der Waals surface area contributed by atoms with Gasteiger partial charge in [0, 0.05) is 16.4 Å². The molecule has 5 heteroatoms. The van der Waals surface area contributed by atoms with Gasteiger partial charge in [-0.1, -0.05) is 0 Å². The number of hydrogen-bond donors (Lipinski definition) is 1. The van der Waals surface area contributed by atoms with E-state index in [-0.39, 0.29) is 5.82 Å². The third-order valence-corrected chi connectivity index (χ3v) is 2.42. The zero-order chi connectivity index (χ0) is 11.5. The van der Waals surface area contributed by atoms with Crippen LogP contribution in [0, 0.1) is 12.7 Å². The molecule has 0 aromatic carbocycles. The van der Waals surface area contributed by atoms with Crippen LogP contribution in [0.2, 0.25) is 0 Å². The van der Waals surface area contributed by atoms with Crippen LogP contribution in [-0.4, -0.2) is 9.97 Å². The third kappa shape index (κ3) is 2.55. The van der Waals surface area contributed by atoms with Gasteiger partial charge >= 0.3 is 0 Å². The lowest BCUT2D eigenvalue weighted by molar-refractivity contribution is 0.625. The molecule has 2 rings (SSSR count). The van der Waals surface area contributed by atoms with Gasteiger partial charge in [-0.15, -0.1) is 0 Å². The number of aromatic nitrogens is 2. The SMILES string of the molecule is Cc1ccc(Nc2ncc(Br)cc2F)cn1. The molecule has 0 aliphatic carbocycles. The Morgan fingerprint density at radius 2 is 2.06 bits per heavy atom. The molecule has 0 atom stereocenters. The zero-order valence-electron chi connectivity index (χ0n) is 8.54. The van der Waals surface area contributed by atoms with Crippen molar-refractivity contribution in [1.82, 2.24) is 9.97 Å². The van der Waals surface area contributed by atoms with Gasteiger partial charge in [0.2, 0.25) is 0 Å². The Bertz CT molecular complexity index is 499. The normalized spacial score (nSPS) is 10.2. The van der Waals surface area contributed by atoms with E-state index in [4.69, 9.17) is 0 Å². The number of pyridine rings is 2. The number of nitrogens with one attached hydrogen (secondary N) is 1. The molecule has 16 heavy (non-hydrogen) atoms. The minimum atomic E-state index is -0.407. The second-order valence-corrected chi connectivity index (χ2v) is 4.21. The van der Waals surface area contributed by atoms with E-state index in [1.54, 1.807) is 6.20 Å². The van der Waals surface area contributed by atoms with Crippen molar-refractivity contribution >= 4 is 27.4 Å². The second-order valence-electron chi connectivity index (χ2n) is 3.30. The highest BCUT2D eigenvalue weighted by Crippen LogP contribution is 2.19. The van der Waals surface area contributed by atoms with E-state index in [2.05, 4.69) is 31.2 Å². The van der Waals surface area contributed by atoms with Gasteiger partial charge in [0.1, 0.15) is 0 Å². The fourth-order valence-electron chi connectivity index (χ4n) is 1.19. The molecule has 0 aliphatic rings. The Morgan fingerprint density at radius 1 is 1.25 bits per heavy atom. The summed E-state index contributed by atoms with van der Waals surface area (Å²) in [4.78, 5) is 8.04. The maximum atomic E-state index is 13.4. The van der Waals surface area contributed by atoms with Gasteiger partial charge in [-0.3, -0.25) is 4.98 Å². The van der Waals surface area contributed by atoms with Crippen LogP contribution in [0.1, 0.15) is 5.69 Å². The van der Waals surface area contributed by atoms with Crippen molar-refractivity contribution in [3.8, 4) is 0 Å².